The lowest BCUT2D eigenvalue weighted by molar-refractivity contribution is -0.384. The van der Waals surface area contributed by atoms with Gasteiger partial charge >= 0.3 is 0 Å². The minimum absolute atomic E-state index is 0.0149. The van der Waals surface area contributed by atoms with Gasteiger partial charge in [0.15, 0.2) is 0 Å². The highest BCUT2D eigenvalue weighted by Gasteiger charge is 2.20. The zero-order chi connectivity index (χ0) is 17.3. The van der Waals surface area contributed by atoms with Gasteiger partial charge in [-0.1, -0.05) is 18.2 Å². The molecule has 24 heavy (non-hydrogen) atoms. The van der Waals surface area contributed by atoms with Crippen molar-refractivity contribution >= 4 is 15.7 Å². The number of benzene rings is 2. The summed E-state index contributed by atoms with van der Waals surface area (Å²) in [5.74, 6) is 0. The highest BCUT2D eigenvalue weighted by molar-refractivity contribution is 7.89. The van der Waals surface area contributed by atoms with Crippen LogP contribution in [0, 0.1) is 10.1 Å². The summed E-state index contributed by atoms with van der Waals surface area (Å²) in [6.45, 7) is 1.79. The number of nitrogens with one attached hydrogen (secondary N) is 1. The number of nitrogens with zero attached hydrogens (tertiary/aromatic N) is 1. The standard InChI is InChI=1S/C17H18N2O4S/c1-12(14-6-5-13-3-2-4-15(13)11-14)18-24(22,23)17-9-7-16(8-10-17)19(20)21/h5-12,18H,2-4H2,1H3/t12-/m0/s1. The van der Waals surface area contributed by atoms with Gasteiger partial charge in [-0.15, -0.1) is 0 Å². The molecule has 1 aliphatic carbocycles. The fourth-order valence-electron chi connectivity index (χ4n) is 2.98. The Morgan fingerprint density at radius 1 is 1.08 bits per heavy atom. The lowest BCUT2D eigenvalue weighted by Crippen LogP contribution is -2.27. The molecule has 0 spiro atoms. The van der Waals surface area contributed by atoms with Crippen LogP contribution in [0.1, 0.15) is 36.1 Å². The Labute approximate surface area is 140 Å². The summed E-state index contributed by atoms with van der Waals surface area (Å²) in [4.78, 5) is 10.1. The molecule has 126 valence electrons. The van der Waals surface area contributed by atoms with Crippen molar-refractivity contribution in [3.63, 3.8) is 0 Å². The molecule has 1 N–H and O–H groups in total. The number of hydrogen-bond acceptors (Lipinski definition) is 4. The number of non-ortho nitro benzene ring substituents is 1. The number of fused-ring (bicyclic) bond motifs is 1. The maximum Gasteiger partial charge on any atom is 0.269 e. The maximum atomic E-state index is 12.4. The first-order chi connectivity index (χ1) is 11.4. The Kier molecular flexibility index (Phi) is 4.38. The van der Waals surface area contributed by atoms with Gasteiger partial charge in [0.1, 0.15) is 0 Å². The Bertz CT molecular complexity index is 876. The molecule has 7 heteroatoms. The van der Waals surface area contributed by atoms with Crippen LogP contribution in [0.4, 0.5) is 5.69 Å². The largest absolute Gasteiger partial charge is 0.269 e. The lowest BCUT2D eigenvalue weighted by atomic mass is 10.0. The minimum atomic E-state index is -3.74. The van der Waals surface area contributed by atoms with Gasteiger partial charge in [-0.2, -0.15) is 0 Å². The lowest BCUT2D eigenvalue weighted by Gasteiger charge is -2.16. The van der Waals surface area contributed by atoms with Crippen LogP contribution in [0.3, 0.4) is 0 Å². The fourth-order valence-corrected chi connectivity index (χ4v) is 4.21. The molecule has 0 unspecified atom stereocenters. The van der Waals surface area contributed by atoms with Crippen molar-refractivity contribution in [1.82, 2.24) is 4.72 Å². The second-order valence-electron chi connectivity index (χ2n) is 5.98. The molecule has 0 heterocycles. The monoisotopic (exact) mass is 346 g/mol. The molecule has 2 aromatic rings. The summed E-state index contributed by atoms with van der Waals surface area (Å²) in [6.07, 6.45) is 3.26. The highest BCUT2D eigenvalue weighted by atomic mass is 32.2. The molecule has 3 rings (SSSR count). The third-order valence-electron chi connectivity index (χ3n) is 4.31. The molecule has 2 aromatic carbocycles. The molecule has 6 nitrogen and oxygen atoms in total. The molecule has 1 atom stereocenters. The summed E-state index contributed by atoms with van der Waals surface area (Å²) < 4.78 is 27.5. The van der Waals surface area contributed by atoms with Gasteiger partial charge in [0, 0.05) is 18.2 Å². The maximum absolute atomic E-state index is 12.4. The molecule has 0 saturated heterocycles. The van der Waals surface area contributed by atoms with E-state index >= 15 is 0 Å². The van der Waals surface area contributed by atoms with Crippen LogP contribution in [-0.2, 0) is 22.9 Å². The molecule has 0 amide bonds. The van der Waals surface area contributed by atoms with Crippen LogP contribution in [0.5, 0.6) is 0 Å². The predicted octanol–water partition coefficient (Wildman–Crippen LogP) is 3.12. The van der Waals surface area contributed by atoms with Gasteiger partial charge < -0.3 is 0 Å². The van der Waals surface area contributed by atoms with Crippen molar-refractivity contribution in [2.45, 2.75) is 37.1 Å². The molecular weight excluding hydrogens is 328 g/mol. The summed E-state index contributed by atoms with van der Waals surface area (Å²) in [5, 5.41) is 10.7. The number of aryl methyl sites for hydroxylation is 2. The van der Waals surface area contributed by atoms with E-state index in [1.807, 2.05) is 6.07 Å². The van der Waals surface area contributed by atoms with Gasteiger partial charge in [-0.05, 0) is 55.0 Å². The average Bonchev–Trinajstić information content (AvgIpc) is 3.02. The first-order valence-electron chi connectivity index (χ1n) is 7.75. The Hall–Kier alpha value is -2.25. The number of sulfonamides is 1. The van der Waals surface area contributed by atoms with E-state index < -0.39 is 14.9 Å². The molecule has 0 fully saturated rings. The molecule has 0 radical (unpaired) electrons. The van der Waals surface area contributed by atoms with Crippen LogP contribution in [0.25, 0.3) is 0 Å². The van der Waals surface area contributed by atoms with Crippen LogP contribution in [0.15, 0.2) is 47.4 Å². The number of nitro benzene ring substituents is 1. The molecule has 1 aliphatic rings. The van der Waals surface area contributed by atoms with Crippen LogP contribution >= 0.6 is 0 Å². The van der Waals surface area contributed by atoms with E-state index in [0.717, 1.165) is 24.8 Å². The summed E-state index contributed by atoms with van der Waals surface area (Å²) >= 11 is 0. The first kappa shape index (κ1) is 16.6. The van der Waals surface area contributed by atoms with Crippen molar-refractivity contribution in [2.75, 3.05) is 0 Å². The predicted molar refractivity (Wildman–Crippen MR) is 90.3 cm³/mol. The van der Waals surface area contributed by atoms with E-state index in [0.29, 0.717) is 0 Å². The van der Waals surface area contributed by atoms with Crippen LogP contribution in [-0.4, -0.2) is 13.3 Å². The topological polar surface area (TPSA) is 89.3 Å². The number of nitro groups is 1. The Morgan fingerprint density at radius 2 is 1.75 bits per heavy atom. The fraction of sp³-hybridized carbons (Fsp3) is 0.294. The second kappa shape index (κ2) is 6.33. The zero-order valence-electron chi connectivity index (χ0n) is 13.2. The highest BCUT2D eigenvalue weighted by Crippen LogP contribution is 2.26. The zero-order valence-corrected chi connectivity index (χ0v) is 14.0. The van der Waals surface area contributed by atoms with Gasteiger partial charge in [-0.25, -0.2) is 13.1 Å². The molecular formula is C17H18N2O4S. The van der Waals surface area contributed by atoms with Crippen molar-refractivity contribution < 1.29 is 13.3 Å². The summed E-state index contributed by atoms with van der Waals surface area (Å²) in [6, 6.07) is 10.6. The van der Waals surface area contributed by atoms with Gasteiger partial charge in [0.2, 0.25) is 10.0 Å². The SMILES string of the molecule is C[C@H](NS(=O)(=O)c1ccc([N+](=O)[O-])cc1)c1ccc2c(c1)CCC2. The Balaban J connectivity index is 1.79. The summed E-state index contributed by atoms with van der Waals surface area (Å²) in [5.41, 5.74) is 3.40. The van der Waals surface area contributed by atoms with E-state index in [4.69, 9.17) is 0 Å². The van der Waals surface area contributed by atoms with E-state index in [9.17, 15) is 18.5 Å². The van der Waals surface area contributed by atoms with Gasteiger partial charge in [-0.3, -0.25) is 10.1 Å². The third-order valence-corrected chi connectivity index (χ3v) is 5.87. The normalized spacial score (nSPS) is 15.0. The minimum Gasteiger partial charge on any atom is -0.258 e. The van der Waals surface area contributed by atoms with E-state index in [1.54, 1.807) is 6.92 Å². The van der Waals surface area contributed by atoms with Crippen LogP contribution < -0.4 is 4.72 Å². The van der Waals surface area contributed by atoms with E-state index in [2.05, 4.69) is 16.9 Å². The molecule has 0 aromatic heterocycles. The van der Waals surface area contributed by atoms with Gasteiger partial charge in [0.05, 0.1) is 9.82 Å². The molecule has 0 bridgehead atoms. The van der Waals surface area contributed by atoms with Crippen molar-refractivity contribution in [3.8, 4) is 0 Å². The Morgan fingerprint density at radius 3 is 2.42 bits per heavy atom. The van der Waals surface area contributed by atoms with Crippen molar-refractivity contribution in [2.24, 2.45) is 0 Å². The third kappa shape index (κ3) is 3.32. The smallest absolute Gasteiger partial charge is 0.258 e. The molecule has 0 aliphatic heterocycles. The second-order valence-corrected chi connectivity index (χ2v) is 7.69. The summed E-state index contributed by atoms with van der Waals surface area (Å²) in [7, 11) is -3.74. The van der Waals surface area contributed by atoms with E-state index in [1.165, 1.54) is 35.4 Å². The number of rotatable bonds is 5. The van der Waals surface area contributed by atoms with Crippen LogP contribution in [0.2, 0.25) is 0 Å². The molecule has 0 saturated carbocycles. The van der Waals surface area contributed by atoms with Crippen molar-refractivity contribution in [1.29, 1.82) is 0 Å². The number of hydrogen-bond donors (Lipinski definition) is 1. The first-order valence-corrected chi connectivity index (χ1v) is 9.23. The van der Waals surface area contributed by atoms with E-state index in [-0.39, 0.29) is 16.6 Å². The van der Waals surface area contributed by atoms with Crippen molar-refractivity contribution in [3.05, 3.63) is 69.3 Å². The quantitative estimate of drug-likeness (QED) is 0.665. The van der Waals surface area contributed by atoms with Gasteiger partial charge in [0.25, 0.3) is 5.69 Å². The average molecular weight is 346 g/mol.